The second kappa shape index (κ2) is 6.54. The van der Waals surface area contributed by atoms with Gasteiger partial charge in [0.1, 0.15) is 0 Å². The molecule has 6 nitrogen and oxygen atoms in total. The number of hydrogen-bond acceptors (Lipinski definition) is 4. The number of rotatable bonds is 3. The molecule has 1 N–H and O–H groups in total. The largest absolute Gasteiger partial charge is 0.352 e. The van der Waals surface area contributed by atoms with E-state index in [2.05, 4.69) is 5.32 Å². The third kappa shape index (κ3) is 3.68. The van der Waals surface area contributed by atoms with Gasteiger partial charge in [0.25, 0.3) is 0 Å². The van der Waals surface area contributed by atoms with Gasteiger partial charge in [-0.15, -0.1) is 0 Å². The summed E-state index contributed by atoms with van der Waals surface area (Å²) in [6, 6.07) is 4.50. The molecule has 9 heteroatoms. The van der Waals surface area contributed by atoms with E-state index in [4.69, 9.17) is 23.2 Å². The molecule has 0 aliphatic carbocycles. The minimum atomic E-state index is -3.06. The number of anilines is 1. The van der Waals surface area contributed by atoms with Gasteiger partial charge in [-0.3, -0.25) is 9.59 Å². The van der Waals surface area contributed by atoms with E-state index in [1.165, 1.54) is 4.90 Å². The van der Waals surface area contributed by atoms with Gasteiger partial charge in [0.2, 0.25) is 11.8 Å². The highest BCUT2D eigenvalue weighted by molar-refractivity contribution is 7.91. The molecule has 24 heavy (non-hydrogen) atoms. The molecule has 2 atom stereocenters. The monoisotopic (exact) mass is 390 g/mol. The first-order chi connectivity index (χ1) is 11.2. The lowest BCUT2D eigenvalue weighted by molar-refractivity contribution is -0.126. The SMILES string of the molecule is O=C(NC1CCS(=O)(=O)C1)C1CC(=O)N(c2ccc(Cl)c(Cl)c2)C1. The first-order valence-corrected chi connectivity index (χ1v) is 10.1. The third-order valence-electron chi connectivity index (χ3n) is 4.29. The van der Waals surface area contributed by atoms with Crippen molar-refractivity contribution in [1.29, 1.82) is 0 Å². The number of hydrogen-bond donors (Lipinski definition) is 1. The molecule has 3 rings (SSSR count). The molecule has 2 aliphatic heterocycles. The van der Waals surface area contributed by atoms with Crippen LogP contribution in [0, 0.1) is 5.92 Å². The van der Waals surface area contributed by atoms with Gasteiger partial charge in [0.15, 0.2) is 9.84 Å². The minimum absolute atomic E-state index is 0.0318. The zero-order valence-electron chi connectivity index (χ0n) is 12.7. The summed E-state index contributed by atoms with van der Waals surface area (Å²) in [5, 5.41) is 3.48. The molecule has 2 fully saturated rings. The van der Waals surface area contributed by atoms with Gasteiger partial charge in [0, 0.05) is 24.7 Å². The van der Waals surface area contributed by atoms with Crippen molar-refractivity contribution in [3.05, 3.63) is 28.2 Å². The summed E-state index contributed by atoms with van der Waals surface area (Å²) in [7, 11) is -3.06. The van der Waals surface area contributed by atoms with Gasteiger partial charge in [-0.05, 0) is 24.6 Å². The van der Waals surface area contributed by atoms with Crippen LogP contribution in [0.1, 0.15) is 12.8 Å². The fraction of sp³-hybridized carbons (Fsp3) is 0.467. The van der Waals surface area contributed by atoms with E-state index in [9.17, 15) is 18.0 Å². The Morgan fingerprint density at radius 1 is 1.25 bits per heavy atom. The summed E-state index contributed by atoms with van der Waals surface area (Å²) >= 11 is 11.8. The van der Waals surface area contributed by atoms with Crippen LogP contribution in [0.5, 0.6) is 0 Å². The molecule has 0 aromatic heterocycles. The number of carbonyl (C=O) groups is 2. The van der Waals surface area contributed by atoms with Gasteiger partial charge in [0.05, 0.1) is 27.5 Å². The molecule has 130 valence electrons. The zero-order chi connectivity index (χ0) is 17.5. The third-order valence-corrected chi connectivity index (χ3v) is 6.80. The van der Waals surface area contributed by atoms with Crippen LogP contribution in [0.3, 0.4) is 0 Å². The smallest absolute Gasteiger partial charge is 0.227 e. The van der Waals surface area contributed by atoms with E-state index in [0.717, 1.165) is 0 Å². The Bertz CT molecular complexity index is 797. The molecule has 2 aliphatic rings. The van der Waals surface area contributed by atoms with Crippen molar-refractivity contribution >= 4 is 50.5 Å². The first kappa shape index (κ1) is 17.5. The van der Waals surface area contributed by atoms with Gasteiger partial charge in [-0.1, -0.05) is 23.2 Å². The molecule has 2 heterocycles. The van der Waals surface area contributed by atoms with Gasteiger partial charge < -0.3 is 10.2 Å². The number of benzene rings is 1. The summed E-state index contributed by atoms with van der Waals surface area (Å²) in [5.74, 6) is -0.900. The van der Waals surface area contributed by atoms with Crippen molar-refractivity contribution in [1.82, 2.24) is 5.32 Å². The van der Waals surface area contributed by atoms with Crippen molar-refractivity contribution in [3.63, 3.8) is 0 Å². The van der Waals surface area contributed by atoms with Crippen LogP contribution < -0.4 is 10.2 Å². The van der Waals surface area contributed by atoms with Crippen molar-refractivity contribution in [2.45, 2.75) is 18.9 Å². The van der Waals surface area contributed by atoms with Crippen molar-refractivity contribution < 1.29 is 18.0 Å². The quantitative estimate of drug-likeness (QED) is 0.850. The highest BCUT2D eigenvalue weighted by Gasteiger charge is 2.37. The highest BCUT2D eigenvalue weighted by Crippen LogP contribution is 2.31. The number of nitrogens with zero attached hydrogens (tertiary/aromatic N) is 1. The maximum absolute atomic E-state index is 12.3. The fourth-order valence-corrected chi connectivity index (χ4v) is 4.98. The predicted octanol–water partition coefficient (Wildman–Crippen LogP) is 1.65. The second-order valence-corrected chi connectivity index (χ2v) is 9.16. The highest BCUT2D eigenvalue weighted by atomic mass is 35.5. The van der Waals surface area contributed by atoms with E-state index < -0.39 is 15.8 Å². The van der Waals surface area contributed by atoms with Gasteiger partial charge in [-0.25, -0.2) is 8.42 Å². The van der Waals surface area contributed by atoms with E-state index in [1.807, 2.05) is 0 Å². The van der Waals surface area contributed by atoms with Crippen LogP contribution in [0.15, 0.2) is 18.2 Å². The summed E-state index contributed by atoms with van der Waals surface area (Å²) in [4.78, 5) is 26.0. The Morgan fingerprint density at radius 3 is 2.62 bits per heavy atom. The van der Waals surface area contributed by atoms with Crippen molar-refractivity contribution in [2.24, 2.45) is 5.92 Å². The Morgan fingerprint density at radius 2 is 2.00 bits per heavy atom. The van der Waals surface area contributed by atoms with Crippen LogP contribution in [-0.4, -0.2) is 44.3 Å². The van der Waals surface area contributed by atoms with Crippen LogP contribution in [0.25, 0.3) is 0 Å². The van der Waals surface area contributed by atoms with E-state index >= 15 is 0 Å². The summed E-state index contributed by atoms with van der Waals surface area (Å²) in [5.41, 5.74) is 0.591. The molecule has 2 amide bonds. The first-order valence-electron chi connectivity index (χ1n) is 7.51. The number of halogens is 2. The van der Waals surface area contributed by atoms with E-state index in [-0.39, 0.29) is 42.3 Å². The topological polar surface area (TPSA) is 83.5 Å². The Labute approximate surface area is 150 Å². The van der Waals surface area contributed by atoms with E-state index in [0.29, 0.717) is 22.2 Å². The standard InChI is InChI=1S/C15H16Cl2N2O4S/c16-12-2-1-11(6-13(12)17)19-7-9(5-14(19)20)15(21)18-10-3-4-24(22,23)8-10/h1-2,6,9-10H,3-5,7-8H2,(H,18,21). The Balaban J connectivity index is 1.66. The van der Waals surface area contributed by atoms with E-state index in [1.54, 1.807) is 18.2 Å². The average molecular weight is 391 g/mol. The Hall–Kier alpha value is -1.31. The molecule has 2 unspecified atom stereocenters. The molecular weight excluding hydrogens is 375 g/mol. The molecule has 0 radical (unpaired) electrons. The molecule has 0 saturated carbocycles. The lowest BCUT2D eigenvalue weighted by Crippen LogP contribution is -2.40. The lowest BCUT2D eigenvalue weighted by Gasteiger charge is -2.18. The average Bonchev–Trinajstić information content (AvgIpc) is 3.05. The van der Waals surface area contributed by atoms with Gasteiger partial charge >= 0.3 is 0 Å². The summed E-state index contributed by atoms with van der Waals surface area (Å²) < 4.78 is 22.9. The summed E-state index contributed by atoms with van der Waals surface area (Å²) in [6.45, 7) is 0.238. The van der Waals surface area contributed by atoms with Crippen LogP contribution in [0.2, 0.25) is 10.0 Å². The molecule has 0 bridgehead atoms. The van der Waals surface area contributed by atoms with Crippen LogP contribution in [-0.2, 0) is 19.4 Å². The van der Waals surface area contributed by atoms with Crippen molar-refractivity contribution in [2.75, 3.05) is 23.0 Å². The fourth-order valence-electron chi connectivity index (χ4n) is 3.01. The van der Waals surface area contributed by atoms with Crippen molar-refractivity contribution in [3.8, 4) is 0 Å². The number of amides is 2. The molecule has 1 aromatic carbocycles. The van der Waals surface area contributed by atoms with Crippen LogP contribution >= 0.6 is 23.2 Å². The number of sulfone groups is 1. The number of nitrogens with one attached hydrogen (secondary N) is 1. The molecule has 2 saturated heterocycles. The minimum Gasteiger partial charge on any atom is -0.352 e. The van der Waals surface area contributed by atoms with Crippen LogP contribution in [0.4, 0.5) is 5.69 Å². The Kier molecular flexibility index (Phi) is 4.77. The summed E-state index contributed by atoms with van der Waals surface area (Å²) in [6.07, 6.45) is 0.511. The normalized spacial score (nSPS) is 25.9. The maximum Gasteiger partial charge on any atom is 0.227 e. The second-order valence-electron chi connectivity index (χ2n) is 6.11. The zero-order valence-corrected chi connectivity index (χ0v) is 15.0. The van der Waals surface area contributed by atoms with Gasteiger partial charge in [-0.2, -0.15) is 0 Å². The molecule has 1 aromatic rings. The predicted molar refractivity (Wildman–Crippen MR) is 92.1 cm³/mol. The number of carbonyl (C=O) groups excluding carboxylic acids is 2. The molecule has 0 spiro atoms. The molecular formula is C15H16Cl2N2O4S. The maximum atomic E-state index is 12.3. The lowest BCUT2D eigenvalue weighted by atomic mass is 10.1.